The molecule has 32 heavy (non-hydrogen) atoms. The number of rotatable bonds is 7. The molecular formula is C21H26F3N5O3. The molecule has 0 aliphatic heterocycles. The quantitative estimate of drug-likeness (QED) is 0.587. The second-order valence-corrected chi connectivity index (χ2v) is 8.14. The van der Waals surface area contributed by atoms with E-state index in [2.05, 4.69) is 25.8 Å². The number of pyridine rings is 1. The van der Waals surface area contributed by atoms with Gasteiger partial charge in [0.15, 0.2) is 5.82 Å². The number of hydrogen-bond acceptors (Lipinski definition) is 5. The van der Waals surface area contributed by atoms with Crippen LogP contribution in [0.25, 0.3) is 0 Å². The lowest BCUT2D eigenvalue weighted by Crippen LogP contribution is -2.37. The van der Waals surface area contributed by atoms with Crippen LogP contribution in [-0.4, -0.2) is 45.5 Å². The number of hydrogen-bond donors (Lipinski definition) is 3. The van der Waals surface area contributed by atoms with Crippen LogP contribution in [0.2, 0.25) is 0 Å². The van der Waals surface area contributed by atoms with Crippen molar-refractivity contribution in [1.82, 2.24) is 20.5 Å². The van der Waals surface area contributed by atoms with Gasteiger partial charge in [-0.15, -0.1) is 0 Å². The Balaban J connectivity index is 1.45. The lowest BCUT2D eigenvalue weighted by atomic mass is 10.0. The van der Waals surface area contributed by atoms with Crippen LogP contribution < -0.4 is 10.6 Å². The van der Waals surface area contributed by atoms with Crippen LogP contribution in [0, 0.1) is 6.92 Å². The standard InChI is InChI=1S/C21H26F3N5O3/c1-12-3-4-14(11-25-12)7-19(30)27-18-9-17(28-29-18)15-5-6-16(8-15)32-20(31)26-13(2)10-21(22,23)24/h3-4,9,11,13,15-16H,5-8,10H2,1-2H3,(H,26,31)(H2,27,28,29,30)/t13?,15-,16+/m0/s1. The van der Waals surface area contributed by atoms with E-state index in [4.69, 9.17) is 4.74 Å². The zero-order valence-electron chi connectivity index (χ0n) is 17.8. The minimum absolute atomic E-state index is 0.0415. The van der Waals surface area contributed by atoms with Crippen LogP contribution in [0.15, 0.2) is 24.4 Å². The van der Waals surface area contributed by atoms with Gasteiger partial charge in [-0.1, -0.05) is 6.07 Å². The van der Waals surface area contributed by atoms with Crippen LogP contribution in [-0.2, 0) is 16.0 Å². The largest absolute Gasteiger partial charge is 0.446 e. The molecular weight excluding hydrogens is 427 g/mol. The van der Waals surface area contributed by atoms with Gasteiger partial charge >= 0.3 is 12.3 Å². The normalized spacial score (nSPS) is 19.4. The number of alkyl halides is 3. The second kappa shape index (κ2) is 10.0. The number of nitrogens with zero attached hydrogens (tertiary/aromatic N) is 2. The summed E-state index contributed by atoms with van der Waals surface area (Å²) in [5.41, 5.74) is 2.47. The number of aryl methyl sites for hydroxylation is 1. The van der Waals surface area contributed by atoms with Gasteiger partial charge in [-0.05, 0) is 44.7 Å². The number of H-pyrrole nitrogens is 1. The number of halogens is 3. The number of nitrogens with one attached hydrogen (secondary N) is 3. The molecule has 3 rings (SSSR count). The number of aromatic nitrogens is 3. The monoisotopic (exact) mass is 453 g/mol. The van der Waals surface area contributed by atoms with E-state index in [1.807, 2.05) is 19.1 Å². The molecule has 1 saturated carbocycles. The van der Waals surface area contributed by atoms with Crippen molar-refractivity contribution >= 4 is 17.8 Å². The van der Waals surface area contributed by atoms with Crippen LogP contribution in [0.1, 0.15) is 55.5 Å². The maximum atomic E-state index is 12.4. The zero-order valence-corrected chi connectivity index (χ0v) is 17.8. The van der Waals surface area contributed by atoms with E-state index >= 15 is 0 Å². The van der Waals surface area contributed by atoms with Crippen LogP contribution in [0.5, 0.6) is 0 Å². The number of carbonyl (C=O) groups excluding carboxylic acids is 2. The molecule has 2 aromatic rings. The first-order valence-corrected chi connectivity index (χ1v) is 10.4. The molecule has 174 valence electrons. The Kier molecular flexibility index (Phi) is 7.37. The number of carbonyl (C=O) groups is 2. The molecule has 2 aromatic heterocycles. The van der Waals surface area contributed by atoms with E-state index < -0.39 is 30.8 Å². The van der Waals surface area contributed by atoms with E-state index in [0.717, 1.165) is 23.4 Å². The molecule has 3 N–H and O–H groups in total. The average molecular weight is 453 g/mol. The Labute approximate surface area is 183 Å². The molecule has 2 heterocycles. The highest BCUT2D eigenvalue weighted by Crippen LogP contribution is 2.36. The molecule has 11 heteroatoms. The maximum Gasteiger partial charge on any atom is 0.407 e. The van der Waals surface area contributed by atoms with Crippen molar-refractivity contribution in [3.05, 3.63) is 41.3 Å². The topological polar surface area (TPSA) is 109 Å². The minimum atomic E-state index is -4.35. The lowest BCUT2D eigenvalue weighted by molar-refractivity contribution is -0.138. The van der Waals surface area contributed by atoms with Crippen LogP contribution in [0.4, 0.5) is 23.8 Å². The van der Waals surface area contributed by atoms with Crippen molar-refractivity contribution in [2.45, 2.75) is 70.2 Å². The summed E-state index contributed by atoms with van der Waals surface area (Å²) in [6.45, 7) is 3.15. The lowest BCUT2D eigenvalue weighted by Gasteiger charge is -2.18. The summed E-state index contributed by atoms with van der Waals surface area (Å²) in [7, 11) is 0. The Hall–Kier alpha value is -3.11. The Morgan fingerprint density at radius 2 is 2.09 bits per heavy atom. The maximum absolute atomic E-state index is 12.4. The van der Waals surface area contributed by atoms with Gasteiger partial charge in [-0.3, -0.25) is 14.9 Å². The van der Waals surface area contributed by atoms with Gasteiger partial charge in [-0.25, -0.2) is 4.79 Å². The molecule has 1 aliphatic rings. The molecule has 0 saturated heterocycles. The van der Waals surface area contributed by atoms with Gasteiger partial charge in [0, 0.05) is 35.6 Å². The number of anilines is 1. The third-order valence-corrected chi connectivity index (χ3v) is 5.20. The molecule has 2 amide bonds. The number of aromatic amines is 1. The Bertz CT molecular complexity index is 930. The van der Waals surface area contributed by atoms with Gasteiger partial charge in [0.05, 0.1) is 12.8 Å². The van der Waals surface area contributed by atoms with Gasteiger partial charge in [0.2, 0.25) is 5.91 Å². The molecule has 0 radical (unpaired) electrons. The number of ether oxygens (including phenoxy) is 1. The first kappa shape index (κ1) is 23.6. The predicted molar refractivity (Wildman–Crippen MR) is 110 cm³/mol. The SMILES string of the molecule is Cc1ccc(CC(=O)Nc2cc([C@H]3CC[C@@H](OC(=O)NC(C)CC(F)(F)F)C3)[nH]n2)cn1. The smallest absolute Gasteiger partial charge is 0.407 e. The second-order valence-electron chi connectivity index (χ2n) is 8.14. The zero-order chi connectivity index (χ0) is 23.3. The molecule has 0 bridgehead atoms. The predicted octanol–water partition coefficient (Wildman–Crippen LogP) is 4.00. The summed E-state index contributed by atoms with van der Waals surface area (Å²) in [5, 5.41) is 12.0. The highest BCUT2D eigenvalue weighted by molar-refractivity contribution is 5.91. The molecule has 1 fully saturated rings. The molecule has 3 atom stereocenters. The summed E-state index contributed by atoms with van der Waals surface area (Å²) in [5.74, 6) is 0.221. The fourth-order valence-corrected chi connectivity index (χ4v) is 3.70. The summed E-state index contributed by atoms with van der Waals surface area (Å²) in [4.78, 5) is 28.2. The van der Waals surface area contributed by atoms with Crippen molar-refractivity contribution < 1.29 is 27.5 Å². The number of amides is 2. The number of alkyl carbamates (subject to hydrolysis) is 1. The van der Waals surface area contributed by atoms with Gasteiger partial charge in [-0.2, -0.15) is 18.3 Å². The van der Waals surface area contributed by atoms with Crippen molar-refractivity contribution in [3.8, 4) is 0 Å². The fourth-order valence-electron chi connectivity index (χ4n) is 3.70. The highest BCUT2D eigenvalue weighted by Gasteiger charge is 2.33. The van der Waals surface area contributed by atoms with Gasteiger partial charge in [0.1, 0.15) is 6.10 Å². The average Bonchev–Trinajstić information content (AvgIpc) is 3.31. The highest BCUT2D eigenvalue weighted by atomic mass is 19.4. The van der Waals surface area contributed by atoms with E-state index in [1.165, 1.54) is 6.92 Å². The van der Waals surface area contributed by atoms with E-state index in [1.54, 1.807) is 12.3 Å². The van der Waals surface area contributed by atoms with E-state index in [9.17, 15) is 22.8 Å². The minimum Gasteiger partial charge on any atom is -0.446 e. The first-order chi connectivity index (χ1) is 15.1. The summed E-state index contributed by atoms with van der Waals surface area (Å²) in [6, 6.07) is 4.36. The third-order valence-electron chi connectivity index (χ3n) is 5.20. The van der Waals surface area contributed by atoms with Gasteiger partial charge < -0.3 is 15.4 Å². The Morgan fingerprint density at radius 1 is 1.31 bits per heavy atom. The first-order valence-electron chi connectivity index (χ1n) is 10.4. The van der Waals surface area contributed by atoms with Crippen molar-refractivity contribution in [1.29, 1.82) is 0 Å². The molecule has 1 aliphatic carbocycles. The molecule has 1 unspecified atom stereocenters. The van der Waals surface area contributed by atoms with Crippen molar-refractivity contribution in [2.24, 2.45) is 0 Å². The van der Waals surface area contributed by atoms with E-state index in [0.29, 0.717) is 18.7 Å². The van der Waals surface area contributed by atoms with Crippen molar-refractivity contribution in [3.63, 3.8) is 0 Å². The van der Waals surface area contributed by atoms with Crippen molar-refractivity contribution in [2.75, 3.05) is 5.32 Å². The molecule has 0 spiro atoms. The summed E-state index contributed by atoms with van der Waals surface area (Å²) in [6.07, 6.45) is -3.04. The molecule has 8 nitrogen and oxygen atoms in total. The van der Waals surface area contributed by atoms with Gasteiger partial charge in [0.25, 0.3) is 0 Å². The summed E-state index contributed by atoms with van der Waals surface area (Å²) >= 11 is 0. The third kappa shape index (κ3) is 7.24. The summed E-state index contributed by atoms with van der Waals surface area (Å²) < 4.78 is 42.4. The fraction of sp³-hybridized carbons (Fsp3) is 0.524. The van der Waals surface area contributed by atoms with Crippen LogP contribution >= 0.6 is 0 Å². The molecule has 0 aromatic carbocycles. The van der Waals surface area contributed by atoms with Crippen LogP contribution in [0.3, 0.4) is 0 Å². The van der Waals surface area contributed by atoms with E-state index in [-0.39, 0.29) is 18.2 Å². The Morgan fingerprint density at radius 3 is 2.78 bits per heavy atom.